The third-order valence-electron chi connectivity index (χ3n) is 5.83. The fourth-order valence-corrected chi connectivity index (χ4v) is 4.93. The molecular weight excluding hydrogens is 438 g/mol. The molecule has 33 heavy (non-hydrogen) atoms. The third-order valence-corrected chi connectivity index (χ3v) is 6.78. The molecular formula is C24H23N5O3S. The van der Waals surface area contributed by atoms with Crippen molar-refractivity contribution in [2.24, 2.45) is 0 Å². The fraction of sp³-hybridized carbons (Fsp3) is 0.250. The molecule has 2 aromatic heterocycles. The summed E-state index contributed by atoms with van der Waals surface area (Å²) >= 11 is 1.40. The number of rotatable bonds is 4. The highest BCUT2D eigenvalue weighted by Gasteiger charge is 2.24. The summed E-state index contributed by atoms with van der Waals surface area (Å²) in [4.78, 5) is 34.7. The number of ether oxygens (including phenoxy) is 1. The van der Waals surface area contributed by atoms with Gasteiger partial charge in [-0.25, -0.2) is 4.98 Å². The van der Waals surface area contributed by atoms with Gasteiger partial charge in [0.15, 0.2) is 0 Å². The molecule has 3 heterocycles. The van der Waals surface area contributed by atoms with Gasteiger partial charge in [0, 0.05) is 43.4 Å². The fourth-order valence-electron chi connectivity index (χ4n) is 3.94. The van der Waals surface area contributed by atoms with Crippen LogP contribution in [0.15, 0.2) is 59.4 Å². The summed E-state index contributed by atoms with van der Waals surface area (Å²) < 4.78 is 6.52. The number of benzene rings is 2. The summed E-state index contributed by atoms with van der Waals surface area (Å²) in [5.74, 6) is 1.33. The Bertz CT molecular complexity index is 1370. The molecule has 1 fully saturated rings. The van der Waals surface area contributed by atoms with Gasteiger partial charge in [-0.3, -0.25) is 9.59 Å². The monoisotopic (exact) mass is 461 g/mol. The topological polar surface area (TPSA) is 80.0 Å². The van der Waals surface area contributed by atoms with E-state index in [0.29, 0.717) is 42.5 Å². The number of hydrogen-bond donors (Lipinski definition) is 0. The minimum Gasteiger partial charge on any atom is -0.497 e. The van der Waals surface area contributed by atoms with Gasteiger partial charge in [-0.15, -0.1) is 0 Å². The Hall–Kier alpha value is -3.72. The van der Waals surface area contributed by atoms with Crippen LogP contribution in [-0.2, 0) is 0 Å². The molecule has 1 amide bonds. The molecule has 0 spiro atoms. The zero-order valence-corrected chi connectivity index (χ0v) is 19.2. The van der Waals surface area contributed by atoms with Crippen molar-refractivity contribution in [3.05, 3.63) is 76.1 Å². The highest BCUT2D eigenvalue weighted by Crippen LogP contribution is 2.28. The lowest BCUT2D eigenvalue weighted by Gasteiger charge is -2.35. The first-order chi connectivity index (χ1) is 16.0. The summed E-state index contributed by atoms with van der Waals surface area (Å²) in [5, 5.41) is 5.26. The predicted molar refractivity (Wildman–Crippen MR) is 128 cm³/mol. The zero-order valence-electron chi connectivity index (χ0n) is 18.4. The van der Waals surface area contributed by atoms with Gasteiger partial charge in [0.2, 0.25) is 4.96 Å². The Balaban J connectivity index is 1.33. The van der Waals surface area contributed by atoms with E-state index >= 15 is 0 Å². The lowest BCUT2D eigenvalue weighted by molar-refractivity contribution is 0.0746. The van der Waals surface area contributed by atoms with Crippen LogP contribution in [0, 0.1) is 6.92 Å². The molecule has 0 atom stereocenters. The van der Waals surface area contributed by atoms with Crippen LogP contribution in [0.4, 0.5) is 5.82 Å². The maximum Gasteiger partial charge on any atom is 0.277 e. The third kappa shape index (κ3) is 4.07. The molecule has 9 heteroatoms. The van der Waals surface area contributed by atoms with Crippen LogP contribution in [-0.4, -0.2) is 58.7 Å². The molecule has 0 unspecified atom stereocenters. The Morgan fingerprint density at radius 2 is 1.76 bits per heavy atom. The van der Waals surface area contributed by atoms with Crippen molar-refractivity contribution in [2.45, 2.75) is 6.92 Å². The summed E-state index contributed by atoms with van der Waals surface area (Å²) in [6, 6.07) is 16.6. The van der Waals surface area contributed by atoms with Crippen molar-refractivity contribution in [1.29, 1.82) is 0 Å². The average molecular weight is 462 g/mol. The number of methoxy groups -OCH3 is 1. The lowest BCUT2D eigenvalue weighted by Crippen LogP contribution is -2.49. The van der Waals surface area contributed by atoms with Gasteiger partial charge in [0.1, 0.15) is 16.6 Å². The molecule has 1 aliphatic rings. The number of amides is 1. The number of aromatic nitrogens is 3. The molecule has 0 bridgehead atoms. The van der Waals surface area contributed by atoms with Crippen LogP contribution in [0.3, 0.4) is 0 Å². The first-order valence-corrected chi connectivity index (χ1v) is 11.5. The van der Waals surface area contributed by atoms with Gasteiger partial charge in [-0.2, -0.15) is 9.61 Å². The van der Waals surface area contributed by atoms with Crippen molar-refractivity contribution >= 4 is 28.0 Å². The van der Waals surface area contributed by atoms with Crippen molar-refractivity contribution < 1.29 is 9.53 Å². The molecule has 4 aromatic rings. The van der Waals surface area contributed by atoms with Crippen LogP contribution in [0.5, 0.6) is 5.75 Å². The van der Waals surface area contributed by atoms with Gasteiger partial charge in [0.25, 0.3) is 11.5 Å². The van der Waals surface area contributed by atoms with Gasteiger partial charge in [-0.05, 0) is 36.8 Å². The second-order valence-corrected chi connectivity index (χ2v) is 8.83. The maximum atomic E-state index is 12.8. The second kappa shape index (κ2) is 8.67. The Kier molecular flexibility index (Phi) is 5.55. The number of fused-ring (bicyclic) bond motifs is 1. The molecule has 0 saturated carbocycles. The highest BCUT2D eigenvalue weighted by atomic mass is 32.1. The number of hydrogen-bond acceptors (Lipinski definition) is 7. The number of nitrogens with zero attached hydrogens (tertiary/aromatic N) is 5. The van der Waals surface area contributed by atoms with E-state index < -0.39 is 0 Å². The standard InChI is InChI=1S/C24H23N5O3S/c1-16-5-3-4-6-19(16)22-26-29-21(30)15-20(25-24(29)33-22)27-11-13-28(14-12-27)23(31)17-7-9-18(32-2)10-8-17/h3-10,15H,11-14H2,1-2H3. The van der Waals surface area contributed by atoms with E-state index in [0.717, 1.165) is 21.9 Å². The van der Waals surface area contributed by atoms with Gasteiger partial charge in [0.05, 0.1) is 7.11 Å². The van der Waals surface area contributed by atoms with Crippen LogP contribution in [0.25, 0.3) is 15.5 Å². The van der Waals surface area contributed by atoms with Crippen molar-refractivity contribution in [3.8, 4) is 16.3 Å². The van der Waals surface area contributed by atoms with Crippen molar-refractivity contribution in [1.82, 2.24) is 19.5 Å². The molecule has 1 saturated heterocycles. The first-order valence-electron chi connectivity index (χ1n) is 10.7. The molecule has 2 aromatic carbocycles. The molecule has 0 radical (unpaired) electrons. The van der Waals surface area contributed by atoms with Gasteiger partial charge in [-0.1, -0.05) is 35.6 Å². The first kappa shape index (κ1) is 21.1. The Morgan fingerprint density at radius 3 is 2.45 bits per heavy atom. The summed E-state index contributed by atoms with van der Waals surface area (Å²) in [6.07, 6.45) is 0. The normalized spacial score (nSPS) is 14.0. The van der Waals surface area contributed by atoms with Gasteiger partial charge >= 0.3 is 0 Å². The van der Waals surface area contributed by atoms with E-state index in [2.05, 4.69) is 5.10 Å². The summed E-state index contributed by atoms with van der Waals surface area (Å²) in [6.45, 7) is 4.35. The van der Waals surface area contributed by atoms with E-state index in [1.165, 1.54) is 21.9 Å². The van der Waals surface area contributed by atoms with Crippen LogP contribution >= 0.6 is 11.3 Å². The second-order valence-electron chi connectivity index (χ2n) is 7.88. The highest BCUT2D eigenvalue weighted by molar-refractivity contribution is 7.19. The van der Waals surface area contributed by atoms with Crippen molar-refractivity contribution in [3.63, 3.8) is 0 Å². The van der Waals surface area contributed by atoms with E-state index in [-0.39, 0.29) is 11.5 Å². The number of carbonyl (C=O) groups excluding carboxylic acids is 1. The molecule has 0 N–H and O–H groups in total. The maximum absolute atomic E-state index is 12.8. The number of carbonyl (C=O) groups is 1. The quantitative estimate of drug-likeness (QED) is 0.465. The Morgan fingerprint density at radius 1 is 1.03 bits per heavy atom. The molecule has 1 aliphatic heterocycles. The smallest absolute Gasteiger partial charge is 0.277 e. The van der Waals surface area contributed by atoms with Crippen LogP contribution in [0.2, 0.25) is 0 Å². The molecule has 168 valence electrons. The number of anilines is 1. The number of aryl methyl sites for hydroxylation is 1. The molecule has 0 aliphatic carbocycles. The Labute approximate surface area is 194 Å². The lowest BCUT2D eigenvalue weighted by atomic mass is 10.1. The zero-order chi connectivity index (χ0) is 22.9. The summed E-state index contributed by atoms with van der Waals surface area (Å²) in [7, 11) is 1.60. The van der Waals surface area contributed by atoms with Crippen LogP contribution < -0.4 is 15.2 Å². The van der Waals surface area contributed by atoms with E-state index in [4.69, 9.17) is 9.72 Å². The molecule has 8 nitrogen and oxygen atoms in total. The van der Waals surface area contributed by atoms with E-state index in [1.54, 1.807) is 31.4 Å². The van der Waals surface area contributed by atoms with Crippen LogP contribution in [0.1, 0.15) is 15.9 Å². The van der Waals surface area contributed by atoms with Crippen molar-refractivity contribution in [2.75, 3.05) is 38.2 Å². The minimum absolute atomic E-state index is 0.00823. The van der Waals surface area contributed by atoms with E-state index in [1.807, 2.05) is 41.0 Å². The average Bonchev–Trinajstić information content (AvgIpc) is 3.29. The van der Waals surface area contributed by atoms with E-state index in [9.17, 15) is 9.59 Å². The number of piperazine rings is 1. The SMILES string of the molecule is COc1ccc(C(=O)N2CCN(c3cc(=O)n4nc(-c5ccccc5C)sc4n3)CC2)cc1. The van der Waals surface area contributed by atoms with Gasteiger partial charge < -0.3 is 14.5 Å². The summed E-state index contributed by atoms with van der Waals surface area (Å²) in [5.41, 5.74) is 2.53. The predicted octanol–water partition coefficient (Wildman–Crippen LogP) is 3.10. The molecule has 5 rings (SSSR count). The minimum atomic E-state index is -0.206. The largest absolute Gasteiger partial charge is 0.497 e.